The fourth-order valence-corrected chi connectivity index (χ4v) is 4.60. The van der Waals surface area contributed by atoms with Crippen molar-refractivity contribution in [3.63, 3.8) is 0 Å². The van der Waals surface area contributed by atoms with Crippen LogP contribution in [0.25, 0.3) is 0 Å². The van der Waals surface area contributed by atoms with Gasteiger partial charge in [-0.2, -0.15) is 0 Å². The Kier molecular flexibility index (Phi) is 6.60. The van der Waals surface area contributed by atoms with Gasteiger partial charge in [0, 0.05) is 11.2 Å². The molecule has 0 aliphatic carbocycles. The minimum absolute atomic E-state index is 0.293. The van der Waals surface area contributed by atoms with Gasteiger partial charge in [-0.05, 0) is 54.6 Å². The fourth-order valence-electron chi connectivity index (χ4n) is 3.44. The molecule has 0 saturated carbocycles. The summed E-state index contributed by atoms with van der Waals surface area (Å²) in [6.45, 7) is 4.28. The van der Waals surface area contributed by atoms with E-state index in [1.54, 1.807) is 6.92 Å². The number of hydrogen-bond acceptors (Lipinski definition) is 6. The Hall–Kier alpha value is -2.41. The SMILES string of the molecule is CCOC(=O)C1=C(C)N=C2SC=CN2[C@H]1c1ccc(OCc2ccc(Cl)cc2)c(Cl)c1. The smallest absolute Gasteiger partial charge is 0.338 e. The highest BCUT2D eigenvalue weighted by atomic mass is 35.5. The second kappa shape index (κ2) is 9.39. The molecular weight excluding hydrogens is 455 g/mol. The van der Waals surface area contributed by atoms with Crippen molar-refractivity contribution >= 4 is 46.1 Å². The molecule has 2 aromatic rings. The van der Waals surface area contributed by atoms with Crippen LogP contribution in [0.1, 0.15) is 31.0 Å². The van der Waals surface area contributed by atoms with E-state index < -0.39 is 0 Å². The van der Waals surface area contributed by atoms with Gasteiger partial charge in [0.05, 0.1) is 28.9 Å². The van der Waals surface area contributed by atoms with E-state index in [9.17, 15) is 4.79 Å². The summed E-state index contributed by atoms with van der Waals surface area (Å²) in [6.07, 6.45) is 1.92. The van der Waals surface area contributed by atoms with Gasteiger partial charge in [-0.25, -0.2) is 9.79 Å². The lowest BCUT2D eigenvalue weighted by molar-refractivity contribution is -0.139. The van der Waals surface area contributed by atoms with Gasteiger partial charge in [-0.15, -0.1) is 0 Å². The van der Waals surface area contributed by atoms with E-state index in [1.807, 2.05) is 65.9 Å². The number of ether oxygens (including phenoxy) is 2. The van der Waals surface area contributed by atoms with Gasteiger partial charge in [0.1, 0.15) is 12.4 Å². The minimum atomic E-state index is -0.378. The average Bonchev–Trinajstić information content (AvgIpc) is 3.21. The van der Waals surface area contributed by atoms with E-state index in [2.05, 4.69) is 4.99 Å². The largest absolute Gasteiger partial charge is 0.487 e. The monoisotopic (exact) mass is 474 g/mol. The number of benzene rings is 2. The summed E-state index contributed by atoms with van der Waals surface area (Å²) in [4.78, 5) is 19.3. The number of aliphatic imine (C=N–C) groups is 1. The van der Waals surface area contributed by atoms with Crippen LogP contribution in [0.5, 0.6) is 5.75 Å². The molecule has 2 aliphatic rings. The summed E-state index contributed by atoms with van der Waals surface area (Å²) in [5.74, 6) is 0.187. The Balaban J connectivity index is 1.62. The summed E-state index contributed by atoms with van der Waals surface area (Å²) < 4.78 is 11.2. The van der Waals surface area contributed by atoms with Crippen molar-refractivity contribution in [1.82, 2.24) is 4.90 Å². The number of thioether (sulfide) groups is 1. The van der Waals surface area contributed by atoms with E-state index in [4.69, 9.17) is 32.7 Å². The van der Waals surface area contributed by atoms with Crippen molar-refractivity contribution in [3.8, 4) is 5.75 Å². The third kappa shape index (κ3) is 4.61. The van der Waals surface area contributed by atoms with Crippen molar-refractivity contribution in [3.05, 3.63) is 86.5 Å². The van der Waals surface area contributed by atoms with Crippen LogP contribution in [0, 0.1) is 0 Å². The number of halogens is 2. The summed E-state index contributed by atoms with van der Waals surface area (Å²) in [5.41, 5.74) is 2.99. The number of carbonyl (C=O) groups excluding carboxylic acids is 1. The van der Waals surface area contributed by atoms with Gasteiger partial charge < -0.3 is 14.4 Å². The first-order valence-electron chi connectivity index (χ1n) is 9.73. The second-order valence-electron chi connectivity index (χ2n) is 6.93. The zero-order chi connectivity index (χ0) is 22.0. The number of nitrogens with zero attached hydrogens (tertiary/aromatic N) is 2. The third-order valence-corrected chi connectivity index (χ3v) is 6.21. The molecule has 2 aromatic carbocycles. The lowest BCUT2D eigenvalue weighted by Gasteiger charge is -2.33. The number of esters is 1. The Morgan fingerprint density at radius 1 is 1.19 bits per heavy atom. The van der Waals surface area contributed by atoms with Crippen LogP contribution in [0.4, 0.5) is 0 Å². The van der Waals surface area contributed by atoms with E-state index in [0.29, 0.717) is 40.3 Å². The predicted octanol–water partition coefficient (Wildman–Crippen LogP) is 6.34. The number of allylic oxidation sites excluding steroid dienone is 1. The van der Waals surface area contributed by atoms with Crippen LogP contribution in [0.2, 0.25) is 10.0 Å². The van der Waals surface area contributed by atoms with Crippen LogP contribution in [-0.2, 0) is 16.1 Å². The molecule has 2 heterocycles. The molecule has 0 bridgehead atoms. The standard InChI is InChI=1S/C23H20Cl2N2O3S/c1-3-29-22(28)20-14(2)26-23-27(10-11-31-23)21(20)16-6-9-19(18(25)12-16)30-13-15-4-7-17(24)8-5-15/h4-12,21H,3,13H2,1-2H3/t21-/m0/s1. The van der Waals surface area contributed by atoms with Gasteiger partial charge in [0.25, 0.3) is 0 Å². The maximum absolute atomic E-state index is 12.7. The summed E-state index contributed by atoms with van der Waals surface area (Å²) >= 11 is 14.0. The quantitative estimate of drug-likeness (QED) is 0.457. The van der Waals surface area contributed by atoms with Crippen molar-refractivity contribution in [2.45, 2.75) is 26.5 Å². The van der Waals surface area contributed by atoms with Gasteiger partial charge in [0.2, 0.25) is 0 Å². The molecule has 2 aliphatic heterocycles. The van der Waals surface area contributed by atoms with Crippen LogP contribution in [-0.4, -0.2) is 22.6 Å². The van der Waals surface area contributed by atoms with Crippen LogP contribution < -0.4 is 4.74 Å². The molecule has 160 valence electrons. The number of carbonyl (C=O) groups is 1. The number of fused-ring (bicyclic) bond motifs is 1. The maximum Gasteiger partial charge on any atom is 0.338 e. The molecule has 0 amide bonds. The fraction of sp³-hybridized carbons (Fsp3) is 0.217. The highest BCUT2D eigenvalue weighted by Crippen LogP contribution is 2.42. The first-order chi connectivity index (χ1) is 15.0. The molecular formula is C23H20Cl2N2O3S. The molecule has 0 N–H and O–H groups in total. The van der Waals surface area contributed by atoms with Crippen molar-refractivity contribution in [2.24, 2.45) is 4.99 Å². The molecule has 31 heavy (non-hydrogen) atoms. The van der Waals surface area contributed by atoms with Crippen LogP contribution in [0.15, 0.2) is 70.3 Å². The second-order valence-corrected chi connectivity index (χ2v) is 8.65. The summed E-state index contributed by atoms with van der Waals surface area (Å²) in [5, 5.41) is 3.90. The Labute approximate surface area is 195 Å². The molecule has 8 heteroatoms. The van der Waals surface area contributed by atoms with E-state index in [0.717, 1.165) is 16.3 Å². The van der Waals surface area contributed by atoms with Crippen LogP contribution in [0.3, 0.4) is 0 Å². The molecule has 1 atom stereocenters. The lowest BCUT2D eigenvalue weighted by Crippen LogP contribution is -2.34. The zero-order valence-corrected chi connectivity index (χ0v) is 19.3. The number of rotatable bonds is 6. The number of amidine groups is 1. The number of hydrogen-bond donors (Lipinski definition) is 0. The Morgan fingerprint density at radius 3 is 2.68 bits per heavy atom. The molecule has 0 fully saturated rings. The predicted molar refractivity (Wildman–Crippen MR) is 125 cm³/mol. The Morgan fingerprint density at radius 2 is 1.97 bits per heavy atom. The highest BCUT2D eigenvalue weighted by molar-refractivity contribution is 8.16. The molecule has 0 aromatic heterocycles. The molecule has 0 radical (unpaired) electrons. The van der Waals surface area contributed by atoms with Crippen molar-refractivity contribution in [2.75, 3.05) is 6.61 Å². The van der Waals surface area contributed by atoms with Crippen molar-refractivity contribution < 1.29 is 14.3 Å². The third-order valence-electron chi connectivity index (χ3n) is 4.90. The zero-order valence-electron chi connectivity index (χ0n) is 17.0. The average molecular weight is 475 g/mol. The molecule has 0 saturated heterocycles. The van der Waals surface area contributed by atoms with E-state index in [1.165, 1.54) is 11.8 Å². The van der Waals surface area contributed by atoms with Gasteiger partial charge in [-0.1, -0.05) is 53.2 Å². The first-order valence-corrected chi connectivity index (χ1v) is 11.4. The van der Waals surface area contributed by atoms with Crippen molar-refractivity contribution in [1.29, 1.82) is 0 Å². The molecule has 4 rings (SSSR count). The normalized spacial score (nSPS) is 17.5. The lowest BCUT2D eigenvalue weighted by atomic mass is 9.94. The molecule has 0 spiro atoms. The van der Waals surface area contributed by atoms with Gasteiger partial charge >= 0.3 is 5.97 Å². The van der Waals surface area contributed by atoms with E-state index >= 15 is 0 Å². The summed E-state index contributed by atoms with van der Waals surface area (Å²) in [6, 6.07) is 12.6. The summed E-state index contributed by atoms with van der Waals surface area (Å²) in [7, 11) is 0. The van der Waals surface area contributed by atoms with Gasteiger partial charge in [-0.3, -0.25) is 0 Å². The minimum Gasteiger partial charge on any atom is -0.487 e. The first kappa shape index (κ1) is 21.8. The van der Waals surface area contributed by atoms with E-state index in [-0.39, 0.29) is 12.0 Å². The maximum atomic E-state index is 12.7. The molecule has 0 unspecified atom stereocenters. The van der Waals surface area contributed by atoms with Gasteiger partial charge in [0.15, 0.2) is 5.17 Å². The Bertz CT molecular complexity index is 1100. The topological polar surface area (TPSA) is 51.1 Å². The van der Waals surface area contributed by atoms with Crippen LogP contribution >= 0.6 is 35.0 Å². The highest BCUT2D eigenvalue weighted by Gasteiger charge is 2.37. The molecule has 5 nitrogen and oxygen atoms in total.